The molecule has 0 aliphatic heterocycles. The van der Waals surface area contributed by atoms with E-state index in [0.29, 0.717) is 0 Å². The molecule has 0 atom stereocenters. The highest BCUT2D eigenvalue weighted by Gasteiger charge is 1.84. The first-order valence-corrected chi connectivity index (χ1v) is 4.48. The Morgan fingerprint density at radius 3 is 1.80 bits per heavy atom. The first-order valence-electron chi connectivity index (χ1n) is 1.49. The molecule has 0 saturated heterocycles. The third-order valence-corrected chi connectivity index (χ3v) is 2.60. The van der Waals surface area contributed by atoms with Gasteiger partial charge in [-0.3, -0.25) is 0 Å². The molecule has 0 aliphatic carbocycles. The van der Waals surface area contributed by atoms with Gasteiger partial charge in [-0.25, -0.2) is 0 Å². The molecule has 0 aliphatic rings. The summed E-state index contributed by atoms with van der Waals surface area (Å²) in [6, 6.07) is 0. The lowest BCUT2D eigenvalue weighted by atomic mass is 11.9. The molecule has 0 saturated carbocycles. The van der Waals surface area contributed by atoms with Gasteiger partial charge in [0.15, 0.2) is 19.5 Å². The van der Waals surface area contributed by atoms with Crippen molar-refractivity contribution in [3.63, 3.8) is 0 Å². The lowest BCUT2D eigenvalue weighted by Gasteiger charge is -1.91. The van der Waals surface area contributed by atoms with Gasteiger partial charge in [0.05, 0.1) is 0 Å². The summed E-state index contributed by atoms with van der Waals surface area (Å²) in [4.78, 5) is 0. The molecule has 0 aromatic rings. The largest absolute Gasteiger partial charge is 0.461 e. The van der Waals surface area contributed by atoms with Crippen LogP contribution >= 0.6 is 0 Å². The second kappa shape index (κ2) is 2.62. The number of hydrogen-bond acceptors (Lipinski definition) is 1. The van der Waals surface area contributed by atoms with Crippen LogP contribution in [0.4, 0.5) is 0 Å². The van der Waals surface area contributed by atoms with Crippen LogP contribution in [0.5, 0.6) is 0 Å². The molecule has 0 heterocycles. The Labute approximate surface area is 37.6 Å². The van der Waals surface area contributed by atoms with Gasteiger partial charge in [0.25, 0.3) is 0 Å². The molecule has 0 aromatic carbocycles. The quantitative estimate of drug-likeness (QED) is 0.419. The van der Waals surface area contributed by atoms with Crippen molar-refractivity contribution in [3.05, 3.63) is 0 Å². The van der Waals surface area contributed by atoms with Crippen molar-refractivity contribution in [2.75, 3.05) is 0 Å². The molecule has 0 rings (SSSR count). The van der Waals surface area contributed by atoms with E-state index in [1.165, 1.54) is 0 Å². The normalized spacial score (nSPS) is 9.60. The predicted molar refractivity (Wildman–Crippen MR) is 27.1 cm³/mol. The van der Waals surface area contributed by atoms with Crippen molar-refractivity contribution in [3.8, 4) is 0 Å². The van der Waals surface area contributed by atoms with Crippen LogP contribution in [0.3, 0.4) is 0 Å². The Hall–Kier alpha value is 0.394. The molecule has 30 valence electrons. The summed E-state index contributed by atoms with van der Waals surface area (Å²) < 4.78 is 4.88. The molecule has 1 nitrogen and oxygen atoms in total. The maximum atomic E-state index is 4.88. The summed E-state index contributed by atoms with van der Waals surface area (Å²) in [5.74, 6) is 0. The van der Waals surface area contributed by atoms with E-state index in [4.69, 9.17) is 4.12 Å². The number of hydrogen-bond donors (Lipinski definition) is 0. The zero-order valence-electron chi connectivity index (χ0n) is 3.62. The van der Waals surface area contributed by atoms with Gasteiger partial charge in [-0.1, -0.05) is 0 Å². The van der Waals surface area contributed by atoms with Crippen molar-refractivity contribution in [1.29, 1.82) is 0 Å². The van der Waals surface area contributed by atoms with Crippen LogP contribution in [0.15, 0.2) is 0 Å². The Kier molecular flexibility index (Phi) is 2.83. The van der Waals surface area contributed by atoms with E-state index in [-0.39, 0.29) is 9.04 Å². The van der Waals surface area contributed by atoms with Crippen molar-refractivity contribution >= 4 is 19.5 Å². The Bertz CT molecular complexity index is 21.6. The second-order valence-electron chi connectivity index (χ2n) is 1.05. The van der Waals surface area contributed by atoms with Crippen molar-refractivity contribution in [2.24, 2.45) is 0 Å². The summed E-state index contributed by atoms with van der Waals surface area (Å²) in [5.41, 5.74) is 0. The summed E-state index contributed by atoms with van der Waals surface area (Å²) in [5, 5.41) is 0. The average Bonchev–Trinajstić information content (AvgIpc) is 1.38. The third kappa shape index (κ3) is 4.39. The van der Waals surface area contributed by atoms with Crippen molar-refractivity contribution < 1.29 is 4.12 Å². The first-order chi connectivity index (χ1) is 2.27. The van der Waals surface area contributed by atoms with E-state index >= 15 is 0 Å². The zero-order chi connectivity index (χ0) is 4.28. The molecular weight excluding hydrogens is 96.2 g/mol. The van der Waals surface area contributed by atoms with Crippen LogP contribution in [-0.4, -0.2) is 19.5 Å². The van der Waals surface area contributed by atoms with Gasteiger partial charge < -0.3 is 4.12 Å². The minimum Gasteiger partial charge on any atom is -0.461 e. The molecule has 0 aromatic heterocycles. The second-order valence-corrected chi connectivity index (χ2v) is 4.02. The van der Waals surface area contributed by atoms with Gasteiger partial charge in [0.2, 0.25) is 0 Å². The molecule has 0 amide bonds. The van der Waals surface area contributed by atoms with Crippen molar-refractivity contribution in [2.45, 2.75) is 13.1 Å². The molecule has 2 radical (unpaired) electrons. The molecule has 5 heavy (non-hydrogen) atoms. The Morgan fingerprint density at radius 2 is 1.80 bits per heavy atom. The standard InChI is InChI=1S/C2H8OSi2/c1-5(2)3-4/h4H2,1-2H3. The minimum absolute atomic E-state index is 0.362. The van der Waals surface area contributed by atoms with Crippen LogP contribution in [0.25, 0.3) is 0 Å². The highest BCUT2D eigenvalue weighted by molar-refractivity contribution is 6.52. The van der Waals surface area contributed by atoms with E-state index in [1.54, 1.807) is 10.5 Å². The van der Waals surface area contributed by atoms with Gasteiger partial charge in [-0.05, 0) is 13.1 Å². The predicted octanol–water partition coefficient (Wildman–Crippen LogP) is -0.198. The van der Waals surface area contributed by atoms with E-state index in [2.05, 4.69) is 13.1 Å². The first kappa shape index (κ1) is 5.39. The van der Waals surface area contributed by atoms with E-state index in [1.807, 2.05) is 0 Å². The van der Waals surface area contributed by atoms with E-state index < -0.39 is 0 Å². The van der Waals surface area contributed by atoms with Crippen LogP contribution in [0.1, 0.15) is 0 Å². The van der Waals surface area contributed by atoms with E-state index in [9.17, 15) is 0 Å². The van der Waals surface area contributed by atoms with Crippen LogP contribution in [0, 0.1) is 0 Å². The van der Waals surface area contributed by atoms with E-state index in [0.717, 1.165) is 0 Å². The van der Waals surface area contributed by atoms with Crippen LogP contribution < -0.4 is 0 Å². The fourth-order valence-corrected chi connectivity index (χ4v) is 0. The third-order valence-electron chi connectivity index (χ3n) is 0.289. The Balaban J connectivity index is 2.54. The molecule has 0 bridgehead atoms. The topological polar surface area (TPSA) is 9.23 Å². The number of rotatable bonds is 1. The monoisotopic (exact) mass is 104 g/mol. The minimum atomic E-state index is -0.362. The lowest BCUT2D eigenvalue weighted by molar-refractivity contribution is 0.647. The molecule has 0 spiro atoms. The van der Waals surface area contributed by atoms with Crippen LogP contribution in [-0.2, 0) is 4.12 Å². The maximum Gasteiger partial charge on any atom is 0.190 e. The zero-order valence-corrected chi connectivity index (χ0v) is 6.03. The lowest BCUT2D eigenvalue weighted by Crippen LogP contribution is -2.02. The molecule has 0 unspecified atom stereocenters. The van der Waals surface area contributed by atoms with Gasteiger partial charge in [-0.2, -0.15) is 0 Å². The SMILES string of the molecule is C[Si](C)O[SiH2]. The van der Waals surface area contributed by atoms with Crippen molar-refractivity contribution in [1.82, 2.24) is 0 Å². The maximum absolute atomic E-state index is 4.88. The van der Waals surface area contributed by atoms with Crippen LogP contribution in [0.2, 0.25) is 13.1 Å². The summed E-state index contributed by atoms with van der Waals surface area (Å²) >= 11 is 0. The smallest absolute Gasteiger partial charge is 0.190 e. The fourth-order valence-electron chi connectivity index (χ4n) is 0. The molecule has 0 fully saturated rings. The molecule has 0 N–H and O–H groups in total. The van der Waals surface area contributed by atoms with Gasteiger partial charge >= 0.3 is 0 Å². The molecular formula is C2H8OSi2. The highest BCUT2D eigenvalue weighted by atomic mass is 28.3. The fraction of sp³-hybridized carbons (Fsp3) is 1.00. The summed E-state index contributed by atoms with van der Waals surface area (Å²) in [7, 11) is 1.22. The van der Waals surface area contributed by atoms with Gasteiger partial charge in [0, 0.05) is 0 Å². The van der Waals surface area contributed by atoms with Gasteiger partial charge in [-0.15, -0.1) is 0 Å². The average molecular weight is 104 g/mol. The molecule has 3 heteroatoms. The Morgan fingerprint density at radius 1 is 1.60 bits per heavy atom. The van der Waals surface area contributed by atoms with Gasteiger partial charge in [0.1, 0.15) is 0 Å². The summed E-state index contributed by atoms with van der Waals surface area (Å²) in [6.45, 7) is 4.22. The highest BCUT2D eigenvalue weighted by Crippen LogP contribution is 1.72. The summed E-state index contributed by atoms with van der Waals surface area (Å²) in [6.07, 6.45) is 0.